The van der Waals surface area contributed by atoms with E-state index >= 15 is 0 Å². The molecule has 1 amide bonds. The van der Waals surface area contributed by atoms with Crippen molar-refractivity contribution in [2.45, 2.75) is 19.0 Å². The van der Waals surface area contributed by atoms with Crippen LogP contribution in [0.2, 0.25) is 10.0 Å². The molecule has 0 saturated carbocycles. The van der Waals surface area contributed by atoms with E-state index in [1.807, 2.05) is 24.3 Å². The summed E-state index contributed by atoms with van der Waals surface area (Å²) in [7, 11) is -3.10. The number of amides is 1. The highest BCUT2D eigenvalue weighted by Gasteiger charge is 2.34. The van der Waals surface area contributed by atoms with E-state index in [9.17, 15) is 13.2 Å². The van der Waals surface area contributed by atoms with Crippen LogP contribution < -0.4 is 0 Å². The lowest BCUT2D eigenvalue weighted by Gasteiger charge is -2.27. The van der Waals surface area contributed by atoms with Crippen molar-refractivity contribution in [1.29, 1.82) is 0 Å². The smallest absolute Gasteiger partial charge is 0.247 e. The molecule has 0 bridgehead atoms. The summed E-state index contributed by atoms with van der Waals surface area (Å²) in [4.78, 5) is 14.5. The first-order valence-corrected chi connectivity index (χ1v) is 11.1. The summed E-state index contributed by atoms with van der Waals surface area (Å²) in [5.74, 6) is -0.105. The fraction of sp³-hybridized carbons (Fsp3) is 0.250. The van der Waals surface area contributed by atoms with E-state index in [2.05, 4.69) is 0 Å². The molecule has 27 heavy (non-hydrogen) atoms. The first kappa shape index (κ1) is 19.9. The van der Waals surface area contributed by atoms with E-state index in [0.29, 0.717) is 23.0 Å². The van der Waals surface area contributed by atoms with Crippen LogP contribution in [0.5, 0.6) is 0 Å². The van der Waals surface area contributed by atoms with Crippen molar-refractivity contribution in [2.24, 2.45) is 0 Å². The minimum absolute atomic E-state index is 0.00111. The molecule has 0 aliphatic carbocycles. The molecule has 142 valence electrons. The van der Waals surface area contributed by atoms with Gasteiger partial charge in [0.2, 0.25) is 5.91 Å². The van der Waals surface area contributed by atoms with Crippen molar-refractivity contribution < 1.29 is 13.2 Å². The molecule has 2 aromatic carbocycles. The fourth-order valence-corrected chi connectivity index (χ4v) is 5.01. The number of carbonyl (C=O) groups excluding carboxylic acids is 1. The number of nitrogens with zero attached hydrogens (tertiary/aromatic N) is 1. The number of benzene rings is 2. The van der Waals surface area contributed by atoms with Crippen LogP contribution in [0, 0.1) is 0 Å². The maximum Gasteiger partial charge on any atom is 0.247 e. The number of carbonyl (C=O) groups is 1. The normalized spacial score (nSPS) is 18.7. The van der Waals surface area contributed by atoms with E-state index < -0.39 is 9.84 Å². The van der Waals surface area contributed by atoms with Gasteiger partial charge in [0, 0.05) is 28.7 Å². The van der Waals surface area contributed by atoms with Crippen molar-refractivity contribution in [2.75, 3.05) is 11.5 Å². The van der Waals surface area contributed by atoms with Gasteiger partial charge in [0.1, 0.15) is 0 Å². The van der Waals surface area contributed by atoms with Gasteiger partial charge in [-0.15, -0.1) is 0 Å². The zero-order valence-electron chi connectivity index (χ0n) is 14.5. The topological polar surface area (TPSA) is 54.5 Å². The van der Waals surface area contributed by atoms with Crippen molar-refractivity contribution in [1.82, 2.24) is 4.90 Å². The molecule has 1 aliphatic heterocycles. The Morgan fingerprint density at radius 1 is 1.04 bits per heavy atom. The summed E-state index contributed by atoms with van der Waals surface area (Å²) in [6, 6.07) is 14.0. The first-order valence-electron chi connectivity index (χ1n) is 8.51. The van der Waals surface area contributed by atoms with Crippen LogP contribution in [-0.4, -0.2) is 36.8 Å². The second-order valence-electron chi connectivity index (χ2n) is 6.53. The first-order chi connectivity index (χ1) is 12.8. The third-order valence-corrected chi connectivity index (χ3v) is 6.74. The predicted molar refractivity (Wildman–Crippen MR) is 110 cm³/mol. The quantitative estimate of drug-likeness (QED) is 0.676. The van der Waals surface area contributed by atoms with E-state index in [0.717, 1.165) is 11.1 Å². The van der Waals surface area contributed by atoms with Gasteiger partial charge < -0.3 is 4.90 Å². The van der Waals surface area contributed by atoms with Crippen LogP contribution in [0.25, 0.3) is 6.08 Å². The fourth-order valence-electron chi connectivity index (χ4n) is 3.03. The van der Waals surface area contributed by atoms with Gasteiger partial charge in [-0.1, -0.05) is 47.5 Å². The average Bonchev–Trinajstić information content (AvgIpc) is 3.00. The molecule has 7 heteroatoms. The third kappa shape index (κ3) is 5.58. The SMILES string of the molecule is O=C(/C=C/c1ccc(Cl)cc1)N(Cc1ccc(Cl)cc1)[C@@H]1CCS(=O)(=O)C1. The Bertz CT molecular complexity index is 938. The summed E-state index contributed by atoms with van der Waals surface area (Å²) in [5, 5.41) is 1.24. The molecule has 0 unspecified atom stereocenters. The zero-order valence-corrected chi connectivity index (χ0v) is 16.8. The molecule has 0 radical (unpaired) electrons. The highest BCUT2D eigenvalue weighted by atomic mass is 35.5. The average molecular weight is 424 g/mol. The molecule has 1 fully saturated rings. The van der Waals surface area contributed by atoms with Crippen molar-refractivity contribution in [3.05, 3.63) is 75.8 Å². The van der Waals surface area contributed by atoms with Crippen LogP contribution in [0.4, 0.5) is 0 Å². The minimum atomic E-state index is -3.10. The Kier molecular flexibility index (Phi) is 6.25. The molecule has 4 nitrogen and oxygen atoms in total. The van der Waals surface area contributed by atoms with E-state index in [-0.39, 0.29) is 23.5 Å². The van der Waals surface area contributed by atoms with Crippen LogP contribution in [0.3, 0.4) is 0 Å². The lowest BCUT2D eigenvalue weighted by molar-refractivity contribution is -0.128. The molecule has 0 aromatic heterocycles. The van der Waals surface area contributed by atoms with Crippen molar-refractivity contribution >= 4 is 45.0 Å². The van der Waals surface area contributed by atoms with E-state index in [4.69, 9.17) is 23.2 Å². The molecule has 3 rings (SSSR count). The predicted octanol–water partition coefficient (Wildman–Crippen LogP) is 4.22. The molecule has 0 spiro atoms. The maximum absolute atomic E-state index is 12.8. The molecular weight excluding hydrogens is 405 g/mol. The van der Waals surface area contributed by atoms with Gasteiger partial charge >= 0.3 is 0 Å². The monoisotopic (exact) mass is 423 g/mol. The summed E-state index contributed by atoms with van der Waals surface area (Å²) in [6.07, 6.45) is 3.64. The largest absolute Gasteiger partial charge is 0.331 e. The Balaban J connectivity index is 1.80. The summed E-state index contributed by atoms with van der Waals surface area (Å²) in [6.45, 7) is 0.334. The van der Waals surface area contributed by atoms with Gasteiger partial charge in [-0.05, 0) is 47.9 Å². The van der Waals surface area contributed by atoms with Crippen LogP contribution in [0.1, 0.15) is 17.5 Å². The third-order valence-electron chi connectivity index (χ3n) is 4.49. The lowest BCUT2D eigenvalue weighted by Crippen LogP contribution is -2.39. The van der Waals surface area contributed by atoms with Crippen LogP contribution in [-0.2, 0) is 21.2 Å². The number of hydrogen-bond acceptors (Lipinski definition) is 3. The summed E-state index contributed by atoms with van der Waals surface area (Å²) in [5.41, 5.74) is 1.75. The van der Waals surface area contributed by atoms with Gasteiger partial charge in [0.25, 0.3) is 0 Å². The number of rotatable bonds is 5. The Morgan fingerprint density at radius 2 is 1.63 bits per heavy atom. The molecule has 1 aliphatic rings. The highest BCUT2D eigenvalue weighted by Crippen LogP contribution is 2.22. The maximum atomic E-state index is 12.8. The summed E-state index contributed by atoms with van der Waals surface area (Å²) >= 11 is 11.8. The van der Waals surface area contributed by atoms with Gasteiger partial charge in [-0.3, -0.25) is 4.79 Å². The molecule has 0 N–H and O–H groups in total. The number of sulfone groups is 1. The second-order valence-corrected chi connectivity index (χ2v) is 9.64. The van der Waals surface area contributed by atoms with Gasteiger partial charge in [0.15, 0.2) is 9.84 Å². The zero-order chi connectivity index (χ0) is 19.4. The number of halogens is 2. The van der Waals surface area contributed by atoms with Gasteiger partial charge in [0.05, 0.1) is 11.5 Å². The summed E-state index contributed by atoms with van der Waals surface area (Å²) < 4.78 is 23.8. The second kappa shape index (κ2) is 8.46. The molecule has 1 heterocycles. The van der Waals surface area contributed by atoms with Crippen LogP contribution >= 0.6 is 23.2 Å². The molecule has 1 atom stereocenters. The Hall–Kier alpha value is -1.82. The Labute approximate surface area is 169 Å². The van der Waals surface area contributed by atoms with Gasteiger partial charge in [-0.25, -0.2) is 8.42 Å². The number of hydrogen-bond donors (Lipinski definition) is 0. The molecular formula is C20H19Cl2NO3S. The van der Waals surface area contributed by atoms with E-state index in [1.54, 1.807) is 35.2 Å². The minimum Gasteiger partial charge on any atom is -0.331 e. The van der Waals surface area contributed by atoms with Crippen molar-refractivity contribution in [3.63, 3.8) is 0 Å². The van der Waals surface area contributed by atoms with Gasteiger partial charge in [-0.2, -0.15) is 0 Å². The molecule has 2 aromatic rings. The van der Waals surface area contributed by atoms with Crippen molar-refractivity contribution in [3.8, 4) is 0 Å². The standard InChI is InChI=1S/C20H19Cl2NO3S/c21-17-6-1-15(2-7-17)5-10-20(24)23(19-11-12-27(25,26)14-19)13-16-3-8-18(22)9-4-16/h1-10,19H,11-14H2/b10-5+/t19-/m1/s1. The molecule has 1 saturated heterocycles. The highest BCUT2D eigenvalue weighted by molar-refractivity contribution is 7.91. The lowest BCUT2D eigenvalue weighted by atomic mass is 10.1. The Morgan fingerprint density at radius 3 is 2.19 bits per heavy atom. The van der Waals surface area contributed by atoms with E-state index in [1.165, 1.54) is 6.08 Å². The van der Waals surface area contributed by atoms with Crippen LogP contribution in [0.15, 0.2) is 54.6 Å².